The summed E-state index contributed by atoms with van der Waals surface area (Å²) in [5.41, 5.74) is 2.27. The molecule has 20 heavy (non-hydrogen) atoms. The summed E-state index contributed by atoms with van der Waals surface area (Å²) in [7, 11) is 1.78. The predicted molar refractivity (Wildman–Crippen MR) is 82.1 cm³/mol. The van der Waals surface area contributed by atoms with Crippen LogP contribution in [0.2, 0.25) is 0 Å². The molecule has 1 aromatic heterocycles. The van der Waals surface area contributed by atoms with E-state index in [9.17, 15) is 0 Å². The monoisotopic (exact) mass is 271 g/mol. The average molecular weight is 271 g/mol. The number of guanidine groups is 1. The van der Waals surface area contributed by atoms with Gasteiger partial charge in [-0.15, -0.1) is 0 Å². The molecule has 1 aromatic carbocycles. The van der Waals surface area contributed by atoms with Gasteiger partial charge in [-0.25, -0.2) is 4.68 Å². The van der Waals surface area contributed by atoms with E-state index in [1.54, 1.807) is 13.2 Å². The van der Waals surface area contributed by atoms with Gasteiger partial charge in [-0.1, -0.05) is 19.1 Å². The molecule has 0 aliphatic carbocycles. The van der Waals surface area contributed by atoms with Gasteiger partial charge in [0, 0.05) is 32.5 Å². The molecular weight excluding hydrogens is 250 g/mol. The molecule has 2 N–H and O–H groups in total. The molecule has 0 spiro atoms. The molecule has 0 saturated carbocycles. The van der Waals surface area contributed by atoms with E-state index in [1.807, 2.05) is 16.9 Å². The third-order valence-corrected chi connectivity index (χ3v) is 2.93. The summed E-state index contributed by atoms with van der Waals surface area (Å²) in [6.07, 6.45) is 4.79. The van der Waals surface area contributed by atoms with Gasteiger partial charge < -0.3 is 10.6 Å². The Labute approximate surface area is 119 Å². The molecule has 0 saturated heterocycles. The van der Waals surface area contributed by atoms with Gasteiger partial charge in [0.25, 0.3) is 0 Å². The van der Waals surface area contributed by atoms with Crippen molar-refractivity contribution < 1.29 is 0 Å². The number of nitrogens with one attached hydrogen (secondary N) is 2. The van der Waals surface area contributed by atoms with Gasteiger partial charge in [0.1, 0.15) is 0 Å². The second kappa shape index (κ2) is 7.33. The first-order valence-corrected chi connectivity index (χ1v) is 6.87. The van der Waals surface area contributed by atoms with Crippen molar-refractivity contribution in [1.29, 1.82) is 0 Å². The molecule has 2 rings (SSSR count). The van der Waals surface area contributed by atoms with E-state index in [4.69, 9.17) is 0 Å². The minimum atomic E-state index is 0.753. The minimum Gasteiger partial charge on any atom is -0.356 e. The van der Waals surface area contributed by atoms with Crippen molar-refractivity contribution in [2.24, 2.45) is 4.99 Å². The zero-order valence-corrected chi connectivity index (χ0v) is 12.0. The van der Waals surface area contributed by atoms with E-state index >= 15 is 0 Å². The van der Waals surface area contributed by atoms with Crippen molar-refractivity contribution >= 4 is 5.96 Å². The van der Waals surface area contributed by atoms with Crippen LogP contribution in [0, 0.1) is 0 Å². The van der Waals surface area contributed by atoms with Crippen LogP contribution in [0.15, 0.2) is 47.7 Å². The van der Waals surface area contributed by atoms with Crippen molar-refractivity contribution in [1.82, 2.24) is 20.4 Å². The SMILES string of the molecule is CCCNC(=NC)NCc1ccc(-n2cccn2)cc1. The van der Waals surface area contributed by atoms with Crippen LogP contribution in [0.4, 0.5) is 0 Å². The second-order valence-electron chi connectivity index (χ2n) is 4.47. The Morgan fingerprint density at radius 2 is 2.05 bits per heavy atom. The van der Waals surface area contributed by atoms with E-state index in [2.05, 4.69) is 51.9 Å². The highest BCUT2D eigenvalue weighted by Crippen LogP contribution is 2.08. The van der Waals surface area contributed by atoms with Gasteiger partial charge in [0.15, 0.2) is 5.96 Å². The van der Waals surface area contributed by atoms with Gasteiger partial charge in [0.05, 0.1) is 5.69 Å². The third-order valence-electron chi connectivity index (χ3n) is 2.93. The molecular formula is C15H21N5. The molecule has 106 valence electrons. The molecule has 0 radical (unpaired) electrons. The fourth-order valence-corrected chi connectivity index (χ4v) is 1.84. The molecule has 0 atom stereocenters. The second-order valence-corrected chi connectivity index (χ2v) is 4.47. The lowest BCUT2D eigenvalue weighted by Crippen LogP contribution is -2.37. The van der Waals surface area contributed by atoms with Crippen molar-refractivity contribution in [3.8, 4) is 5.69 Å². The first-order chi connectivity index (χ1) is 9.83. The maximum absolute atomic E-state index is 4.21. The molecule has 0 fully saturated rings. The minimum absolute atomic E-state index is 0.753. The maximum Gasteiger partial charge on any atom is 0.191 e. The molecule has 0 amide bonds. The fourth-order valence-electron chi connectivity index (χ4n) is 1.84. The van der Waals surface area contributed by atoms with Crippen molar-refractivity contribution in [3.63, 3.8) is 0 Å². The van der Waals surface area contributed by atoms with E-state index in [0.717, 1.165) is 31.2 Å². The summed E-state index contributed by atoms with van der Waals surface area (Å²) in [6.45, 7) is 3.81. The quantitative estimate of drug-likeness (QED) is 0.645. The first kappa shape index (κ1) is 14.1. The van der Waals surface area contributed by atoms with Crippen LogP contribution in [0.3, 0.4) is 0 Å². The van der Waals surface area contributed by atoms with Gasteiger partial charge in [-0.2, -0.15) is 5.10 Å². The Hall–Kier alpha value is -2.30. The van der Waals surface area contributed by atoms with Crippen LogP contribution in [0.1, 0.15) is 18.9 Å². The van der Waals surface area contributed by atoms with Crippen molar-refractivity contribution in [2.75, 3.05) is 13.6 Å². The molecule has 1 heterocycles. The van der Waals surface area contributed by atoms with Gasteiger partial charge in [-0.05, 0) is 30.2 Å². The van der Waals surface area contributed by atoms with E-state index in [1.165, 1.54) is 5.56 Å². The lowest BCUT2D eigenvalue weighted by molar-refractivity contribution is 0.781. The van der Waals surface area contributed by atoms with Crippen LogP contribution in [-0.4, -0.2) is 29.3 Å². The number of aromatic nitrogens is 2. The highest BCUT2D eigenvalue weighted by atomic mass is 15.3. The molecule has 5 heteroatoms. The Bertz CT molecular complexity index is 528. The van der Waals surface area contributed by atoms with Crippen LogP contribution in [0.5, 0.6) is 0 Å². The average Bonchev–Trinajstić information content (AvgIpc) is 3.02. The van der Waals surface area contributed by atoms with Gasteiger partial charge >= 0.3 is 0 Å². The zero-order chi connectivity index (χ0) is 14.2. The zero-order valence-electron chi connectivity index (χ0n) is 12.0. The lowest BCUT2D eigenvalue weighted by atomic mass is 10.2. The molecule has 5 nitrogen and oxygen atoms in total. The summed E-state index contributed by atoms with van der Waals surface area (Å²) in [4.78, 5) is 4.18. The Morgan fingerprint density at radius 1 is 1.25 bits per heavy atom. The molecule has 0 unspecified atom stereocenters. The summed E-state index contributed by atoms with van der Waals surface area (Å²) < 4.78 is 1.85. The van der Waals surface area contributed by atoms with Crippen molar-refractivity contribution in [3.05, 3.63) is 48.3 Å². The number of aliphatic imine (C=N–C) groups is 1. The lowest BCUT2D eigenvalue weighted by Gasteiger charge is -2.11. The number of hydrogen-bond donors (Lipinski definition) is 2. The standard InChI is InChI=1S/C15H21N5/c1-3-9-17-15(16-2)18-12-13-5-7-14(8-6-13)20-11-4-10-19-20/h4-8,10-11H,3,9,12H2,1-2H3,(H2,16,17,18). The fraction of sp³-hybridized carbons (Fsp3) is 0.333. The van der Waals surface area contributed by atoms with E-state index < -0.39 is 0 Å². The molecule has 0 aliphatic heterocycles. The molecule has 2 aromatic rings. The number of nitrogens with zero attached hydrogens (tertiary/aromatic N) is 3. The van der Waals surface area contributed by atoms with Crippen LogP contribution in [-0.2, 0) is 6.54 Å². The van der Waals surface area contributed by atoms with Crippen LogP contribution < -0.4 is 10.6 Å². The summed E-state index contributed by atoms with van der Waals surface area (Å²) in [6, 6.07) is 10.2. The van der Waals surface area contributed by atoms with Crippen LogP contribution in [0.25, 0.3) is 5.69 Å². The Balaban J connectivity index is 1.91. The normalized spacial score (nSPS) is 11.4. The number of benzene rings is 1. The third kappa shape index (κ3) is 3.85. The predicted octanol–water partition coefficient (Wildman–Crippen LogP) is 1.95. The maximum atomic E-state index is 4.21. The van der Waals surface area contributed by atoms with E-state index in [-0.39, 0.29) is 0 Å². The first-order valence-electron chi connectivity index (χ1n) is 6.87. The van der Waals surface area contributed by atoms with Gasteiger partial charge in [0.2, 0.25) is 0 Å². The van der Waals surface area contributed by atoms with Crippen molar-refractivity contribution in [2.45, 2.75) is 19.9 Å². The van der Waals surface area contributed by atoms with E-state index in [0.29, 0.717) is 0 Å². The van der Waals surface area contributed by atoms with Gasteiger partial charge in [-0.3, -0.25) is 4.99 Å². The topological polar surface area (TPSA) is 54.2 Å². The summed E-state index contributed by atoms with van der Waals surface area (Å²) in [5.74, 6) is 0.836. The summed E-state index contributed by atoms with van der Waals surface area (Å²) in [5, 5.41) is 10.7. The summed E-state index contributed by atoms with van der Waals surface area (Å²) >= 11 is 0. The van der Waals surface area contributed by atoms with Crippen LogP contribution >= 0.6 is 0 Å². The Kier molecular flexibility index (Phi) is 5.17. The smallest absolute Gasteiger partial charge is 0.191 e. The molecule has 0 bridgehead atoms. The number of hydrogen-bond acceptors (Lipinski definition) is 2. The largest absolute Gasteiger partial charge is 0.356 e. The Morgan fingerprint density at radius 3 is 2.65 bits per heavy atom. The number of rotatable bonds is 5. The highest BCUT2D eigenvalue weighted by Gasteiger charge is 1.99. The molecule has 0 aliphatic rings. The highest BCUT2D eigenvalue weighted by molar-refractivity contribution is 5.79.